The van der Waals surface area contributed by atoms with Crippen molar-refractivity contribution in [2.75, 3.05) is 11.0 Å². The number of anilines is 1. The van der Waals surface area contributed by atoms with E-state index in [4.69, 9.17) is 15.0 Å². The van der Waals surface area contributed by atoms with Gasteiger partial charge in [0, 0.05) is 0 Å². The number of sulfonamides is 1. The van der Waals surface area contributed by atoms with Gasteiger partial charge in [-0.05, 0) is 25.1 Å². The van der Waals surface area contributed by atoms with E-state index in [1.165, 1.54) is 19.1 Å². The monoisotopic (exact) mass is 329 g/mol. The highest BCUT2D eigenvalue weighted by atomic mass is 32.2. The van der Waals surface area contributed by atoms with E-state index in [1.807, 2.05) is 0 Å². The van der Waals surface area contributed by atoms with E-state index in [1.54, 1.807) is 0 Å². The number of ether oxygens (including phenoxy) is 1. The molecule has 0 aliphatic carbocycles. The summed E-state index contributed by atoms with van der Waals surface area (Å²) < 4.78 is 48.2. The van der Waals surface area contributed by atoms with E-state index in [0.717, 1.165) is 12.3 Å². The topological polar surface area (TPSA) is 125 Å². The van der Waals surface area contributed by atoms with Crippen molar-refractivity contribution in [1.82, 2.24) is 5.16 Å². The van der Waals surface area contributed by atoms with Gasteiger partial charge >= 0.3 is 6.09 Å². The van der Waals surface area contributed by atoms with Crippen molar-refractivity contribution in [1.29, 1.82) is 0 Å². The van der Waals surface area contributed by atoms with Crippen LogP contribution in [0.15, 0.2) is 22.7 Å². The number of hydrogen-bond acceptors (Lipinski definition) is 6. The van der Waals surface area contributed by atoms with Crippen molar-refractivity contribution in [3.8, 4) is 17.1 Å². The Morgan fingerprint density at radius 1 is 1.45 bits per heavy atom. The molecule has 1 aromatic carbocycles. The lowest BCUT2D eigenvalue weighted by Gasteiger charge is -2.07. The summed E-state index contributed by atoms with van der Waals surface area (Å²) >= 11 is 0. The van der Waals surface area contributed by atoms with Crippen molar-refractivity contribution in [3.05, 3.63) is 29.7 Å². The fourth-order valence-corrected chi connectivity index (χ4v) is 2.29. The van der Waals surface area contributed by atoms with Gasteiger partial charge in [-0.2, -0.15) is 0 Å². The quantitative estimate of drug-likeness (QED) is 0.878. The van der Waals surface area contributed by atoms with Crippen LogP contribution in [0.25, 0.3) is 11.3 Å². The van der Waals surface area contributed by atoms with Crippen molar-refractivity contribution >= 4 is 21.8 Å². The number of amides is 1. The van der Waals surface area contributed by atoms with Crippen LogP contribution in [0.2, 0.25) is 0 Å². The summed E-state index contributed by atoms with van der Waals surface area (Å²) in [6.07, 6.45) is -0.152. The van der Waals surface area contributed by atoms with Crippen LogP contribution < -0.4 is 15.2 Å². The predicted molar refractivity (Wildman–Crippen MR) is 75.3 cm³/mol. The highest BCUT2D eigenvalue weighted by Crippen LogP contribution is 2.35. The number of aromatic nitrogens is 1. The largest absolute Gasteiger partial charge is 0.410 e. The number of nitrogens with zero attached hydrogens (tertiary/aromatic N) is 1. The molecule has 0 saturated heterocycles. The molecule has 0 aliphatic heterocycles. The number of hydrogen-bond donors (Lipinski definition) is 2. The third kappa shape index (κ3) is 3.52. The second-order valence-electron chi connectivity index (χ2n) is 4.42. The fourth-order valence-electron chi connectivity index (χ4n) is 1.73. The minimum Gasteiger partial charge on any atom is -0.404 e. The second kappa shape index (κ2) is 5.64. The van der Waals surface area contributed by atoms with Gasteiger partial charge in [-0.25, -0.2) is 17.6 Å². The fraction of sp³-hybridized carbons (Fsp3) is 0.167. The standard InChI is InChI=1S/C12H12FN3O5S/c1-6-10(20-12(14)17)11(21-15-6)8-4-3-7(5-9(8)13)16-22(2,18)19/h3-5,16H,1-2H3,(H2,14,17). The average Bonchev–Trinajstić information content (AvgIpc) is 2.69. The number of benzene rings is 1. The third-order valence-corrected chi connectivity index (χ3v) is 3.13. The Hall–Kier alpha value is -2.62. The van der Waals surface area contributed by atoms with Gasteiger partial charge in [-0.1, -0.05) is 5.16 Å². The molecule has 0 atom stereocenters. The lowest BCUT2D eigenvalue weighted by atomic mass is 10.1. The number of carbonyl (C=O) groups is 1. The van der Waals surface area contributed by atoms with E-state index in [2.05, 4.69) is 9.88 Å². The Balaban J connectivity index is 2.44. The number of nitrogens with one attached hydrogen (secondary N) is 1. The number of nitrogens with two attached hydrogens (primary N) is 1. The highest BCUT2D eigenvalue weighted by Gasteiger charge is 2.21. The number of primary amides is 1. The molecule has 0 fully saturated rings. The molecule has 10 heteroatoms. The minimum atomic E-state index is -3.53. The molecule has 1 heterocycles. The summed E-state index contributed by atoms with van der Waals surface area (Å²) in [5, 5.41) is 3.58. The van der Waals surface area contributed by atoms with Crippen LogP contribution in [-0.2, 0) is 10.0 Å². The van der Waals surface area contributed by atoms with E-state index in [-0.39, 0.29) is 28.5 Å². The lowest BCUT2D eigenvalue weighted by Crippen LogP contribution is -2.16. The zero-order chi connectivity index (χ0) is 16.5. The van der Waals surface area contributed by atoms with Gasteiger partial charge in [0.1, 0.15) is 11.5 Å². The van der Waals surface area contributed by atoms with E-state index in [9.17, 15) is 17.6 Å². The highest BCUT2D eigenvalue weighted by molar-refractivity contribution is 7.92. The lowest BCUT2D eigenvalue weighted by molar-refractivity contribution is 0.210. The molecule has 0 unspecified atom stereocenters. The van der Waals surface area contributed by atoms with Gasteiger partial charge in [0.2, 0.25) is 21.5 Å². The minimum absolute atomic E-state index is 0.0392. The van der Waals surface area contributed by atoms with Gasteiger partial charge in [0.25, 0.3) is 0 Å². The third-order valence-electron chi connectivity index (χ3n) is 2.53. The van der Waals surface area contributed by atoms with Gasteiger partial charge in [0.05, 0.1) is 17.5 Å². The molecule has 0 saturated carbocycles. The number of halogens is 1. The molecule has 0 radical (unpaired) electrons. The Morgan fingerprint density at radius 3 is 2.68 bits per heavy atom. The van der Waals surface area contributed by atoms with Gasteiger partial charge in [-0.15, -0.1) is 0 Å². The Morgan fingerprint density at radius 2 is 2.14 bits per heavy atom. The molecular formula is C12H12FN3O5S. The molecule has 2 rings (SSSR count). The van der Waals surface area contributed by atoms with E-state index < -0.39 is 21.9 Å². The van der Waals surface area contributed by atoms with Gasteiger partial charge in [0.15, 0.2) is 0 Å². The van der Waals surface area contributed by atoms with Crippen LogP contribution in [0.1, 0.15) is 5.69 Å². The summed E-state index contributed by atoms with van der Waals surface area (Å²) in [7, 11) is -3.53. The molecule has 0 spiro atoms. The molecular weight excluding hydrogens is 317 g/mol. The second-order valence-corrected chi connectivity index (χ2v) is 6.16. The summed E-state index contributed by atoms with van der Waals surface area (Å²) in [5.41, 5.74) is 5.12. The van der Waals surface area contributed by atoms with Crippen molar-refractivity contribution in [3.63, 3.8) is 0 Å². The molecule has 118 valence electrons. The molecule has 1 amide bonds. The smallest absolute Gasteiger partial charge is 0.404 e. The molecule has 2 aromatic rings. The van der Waals surface area contributed by atoms with Crippen LogP contribution >= 0.6 is 0 Å². The molecule has 3 N–H and O–H groups in total. The molecule has 22 heavy (non-hydrogen) atoms. The Kier molecular flexibility index (Phi) is 4.04. The summed E-state index contributed by atoms with van der Waals surface area (Å²) in [6, 6.07) is 3.55. The first kappa shape index (κ1) is 15.8. The summed E-state index contributed by atoms with van der Waals surface area (Å²) in [5.74, 6) is -1.02. The first-order chi connectivity index (χ1) is 10.2. The van der Waals surface area contributed by atoms with Gasteiger partial charge in [-0.3, -0.25) is 4.72 Å². The zero-order valence-electron chi connectivity index (χ0n) is 11.6. The van der Waals surface area contributed by atoms with Crippen LogP contribution in [0.3, 0.4) is 0 Å². The Labute approximate surface area is 125 Å². The van der Waals surface area contributed by atoms with Crippen LogP contribution in [-0.4, -0.2) is 25.9 Å². The molecule has 8 nitrogen and oxygen atoms in total. The summed E-state index contributed by atoms with van der Waals surface area (Å²) in [4.78, 5) is 10.9. The maximum atomic E-state index is 14.1. The normalized spacial score (nSPS) is 11.2. The Bertz CT molecular complexity index is 831. The van der Waals surface area contributed by atoms with E-state index >= 15 is 0 Å². The van der Waals surface area contributed by atoms with E-state index in [0.29, 0.717) is 0 Å². The first-order valence-corrected chi connectivity index (χ1v) is 7.78. The number of rotatable bonds is 4. The summed E-state index contributed by atoms with van der Waals surface area (Å²) in [6.45, 7) is 1.49. The molecule has 0 aliphatic rings. The van der Waals surface area contributed by atoms with Crippen molar-refractivity contribution < 1.29 is 26.9 Å². The first-order valence-electron chi connectivity index (χ1n) is 5.88. The number of aryl methyl sites for hydroxylation is 1. The van der Waals surface area contributed by atoms with Crippen molar-refractivity contribution in [2.45, 2.75) is 6.92 Å². The maximum Gasteiger partial charge on any atom is 0.410 e. The van der Waals surface area contributed by atoms with Crippen LogP contribution in [0.4, 0.5) is 14.9 Å². The van der Waals surface area contributed by atoms with Crippen molar-refractivity contribution in [2.24, 2.45) is 5.73 Å². The number of carbonyl (C=O) groups excluding carboxylic acids is 1. The van der Waals surface area contributed by atoms with Crippen LogP contribution in [0.5, 0.6) is 5.75 Å². The predicted octanol–water partition coefficient (Wildman–Crippen LogP) is 1.62. The maximum absolute atomic E-state index is 14.1. The SMILES string of the molecule is Cc1noc(-c2ccc(NS(C)(=O)=O)cc2F)c1OC(N)=O. The molecule has 1 aromatic heterocycles. The molecule has 0 bridgehead atoms. The van der Waals surface area contributed by atoms with Crippen LogP contribution in [0, 0.1) is 12.7 Å². The zero-order valence-corrected chi connectivity index (χ0v) is 12.4. The van der Waals surface area contributed by atoms with Gasteiger partial charge < -0.3 is 15.0 Å². The average molecular weight is 329 g/mol.